The summed E-state index contributed by atoms with van der Waals surface area (Å²) in [5.74, 6) is 0. The van der Waals surface area contributed by atoms with Gasteiger partial charge in [0.1, 0.15) is 0 Å². The van der Waals surface area contributed by atoms with Gasteiger partial charge in [0.2, 0.25) is 0 Å². The Hall–Kier alpha value is 0.137. The van der Waals surface area contributed by atoms with E-state index in [1.807, 2.05) is 0 Å². The van der Waals surface area contributed by atoms with Crippen LogP contribution in [0, 0.1) is 0 Å². The minimum absolute atomic E-state index is 0.946. The second kappa shape index (κ2) is 10.9. The van der Waals surface area contributed by atoms with Gasteiger partial charge in [-0.05, 0) is 24.9 Å². The molecule has 0 aromatic carbocycles. The molecule has 0 aromatic rings. The molecular formula is C16H34O2Si. The van der Waals surface area contributed by atoms with Crippen LogP contribution < -0.4 is 0 Å². The third-order valence-electron chi connectivity index (χ3n) is 4.09. The molecule has 1 rings (SSSR count). The third kappa shape index (κ3) is 7.47. The average molecular weight is 287 g/mol. The Morgan fingerprint density at radius 1 is 0.684 bits per heavy atom. The maximum atomic E-state index is 6.26. The molecule has 0 saturated carbocycles. The van der Waals surface area contributed by atoms with Crippen molar-refractivity contribution in [1.82, 2.24) is 0 Å². The first-order chi connectivity index (χ1) is 9.33. The van der Waals surface area contributed by atoms with Gasteiger partial charge in [0, 0.05) is 13.2 Å². The summed E-state index contributed by atoms with van der Waals surface area (Å²) in [5.41, 5.74) is 0. The van der Waals surface area contributed by atoms with E-state index in [0.29, 0.717) is 0 Å². The van der Waals surface area contributed by atoms with Crippen molar-refractivity contribution >= 4 is 8.56 Å². The quantitative estimate of drug-likeness (QED) is 0.352. The van der Waals surface area contributed by atoms with E-state index < -0.39 is 8.56 Å². The Bertz CT molecular complexity index is 187. The van der Waals surface area contributed by atoms with Crippen LogP contribution in [0.2, 0.25) is 12.1 Å². The maximum absolute atomic E-state index is 6.26. The summed E-state index contributed by atoms with van der Waals surface area (Å²) in [7, 11) is -1.75. The molecule has 1 heterocycles. The van der Waals surface area contributed by atoms with Crippen molar-refractivity contribution < 1.29 is 8.85 Å². The third-order valence-corrected chi connectivity index (χ3v) is 7.78. The summed E-state index contributed by atoms with van der Waals surface area (Å²) in [4.78, 5) is 0. The molecule has 0 radical (unpaired) electrons. The van der Waals surface area contributed by atoms with Crippen molar-refractivity contribution in [1.29, 1.82) is 0 Å². The molecule has 1 fully saturated rings. The fourth-order valence-corrected chi connectivity index (χ4v) is 6.34. The topological polar surface area (TPSA) is 18.5 Å². The van der Waals surface area contributed by atoms with Gasteiger partial charge in [0.25, 0.3) is 0 Å². The first kappa shape index (κ1) is 17.2. The highest BCUT2D eigenvalue weighted by Gasteiger charge is 2.40. The van der Waals surface area contributed by atoms with Crippen molar-refractivity contribution in [3.63, 3.8) is 0 Å². The molecule has 0 spiro atoms. The van der Waals surface area contributed by atoms with Crippen molar-refractivity contribution in [3.8, 4) is 0 Å². The first-order valence-electron chi connectivity index (χ1n) is 8.61. The molecule has 0 aliphatic carbocycles. The van der Waals surface area contributed by atoms with E-state index in [1.165, 1.54) is 76.3 Å². The van der Waals surface area contributed by atoms with Crippen molar-refractivity contribution in [2.24, 2.45) is 0 Å². The molecule has 19 heavy (non-hydrogen) atoms. The monoisotopic (exact) mass is 286 g/mol. The van der Waals surface area contributed by atoms with Gasteiger partial charge in [-0.25, -0.2) is 0 Å². The molecule has 1 aliphatic rings. The fourth-order valence-electron chi connectivity index (χ4n) is 2.82. The molecule has 0 unspecified atom stereocenters. The molecule has 0 aromatic heterocycles. The van der Waals surface area contributed by atoms with Crippen LogP contribution in [0.1, 0.15) is 78.1 Å². The van der Waals surface area contributed by atoms with E-state index in [1.54, 1.807) is 0 Å². The standard InChI is InChI=1S/C16H34O2Si/c1-3-5-7-9-13-17-19(15-11-12-16-19)18-14-10-8-6-4-2/h3-16H2,1-2H3. The van der Waals surface area contributed by atoms with Crippen LogP contribution in [0.3, 0.4) is 0 Å². The molecular weight excluding hydrogens is 252 g/mol. The second-order valence-electron chi connectivity index (χ2n) is 5.94. The average Bonchev–Trinajstić information content (AvgIpc) is 2.88. The van der Waals surface area contributed by atoms with Crippen LogP contribution >= 0.6 is 0 Å². The number of unbranched alkanes of at least 4 members (excludes halogenated alkanes) is 6. The van der Waals surface area contributed by atoms with Gasteiger partial charge >= 0.3 is 8.56 Å². The molecule has 1 aliphatic heterocycles. The lowest BCUT2D eigenvalue weighted by Crippen LogP contribution is -2.39. The number of hydrogen-bond donors (Lipinski definition) is 0. The molecule has 3 heteroatoms. The molecule has 0 N–H and O–H groups in total. The summed E-state index contributed by atoms with van der Waals surface area (Å²) in [6, 6.07) is 2.49. The van der Waals surface area contributed by atoms with Crippen molar-refractivity contribution in [2.75, 3.05) is 13.2 Å². The van der Waals surface area contributed by atoms with Gasteiger partial charge in [0.05, 0.1) is 0 Å². The predicted octanol–water partition coefficient (Wildman–Crippen LogP) is 5.42. The van der Waals surface area contributed by atoms with Gasteiger partial charge in [-0.1, -0.05) is 65.2 Å². The van der Waals surface area contributed by atoms with Gasteiger partial charge in [-0.2, -0.15) is 0 Å². The zero-order chi connectivity index (χ0) is 13.8. The largest absolute Gasteiger partial charge is 0.394 e. The predicted molar refractivity (Wildman–Crippen MR) is 84.8 cm³/mol. The lowest BCUT2D eigenvalue weighted by molar-refractivity contribution is 0.166. The molecule has 1 saturated heterocycles. The molecule has 0 atom stereocenters. The Labute approximate surface area is 121 Å². The Morgan fingerprint density at radius 2 is 1.16 bits per heavy atom. The van der Waals surface area contributed by atoms with Crippen molar-refractivity contribution in [3.05, 3.63) is 0 Å². The minimum atomic E-state index is -1.75. The van der Waals surface area contributed by atoms with Gasteiger partial charge in [-0.15, -0.1) is 0 Å². The molecule has 0 amide bonds. The lowest BCUT2D eigenvalue weighted by atomic mass is 10.2. The highest BCUT2D eigenvalue weighted by Crippen LogP contribution is 2.32. The minimum Gasteiger partial charge on any atom is -0.394 e. The Balaban J connectivity index is 2.14. The zero-order valence-electron chi connectivity index (χ0n) is 13.2. The molecule has 2 nitrogen and oxygen atoms in total. The van der Waals surface area contributed by atoms with E-state index in [4.69, 9.17) is 8.85 Å². The summed E-state index contributed by atoms with van der Waals surface area (Å²) in [6.07, 6.45) is 13.0. The van der Waals surface area contributed by atoms with Gasteiger partial charge < -0.3 is 8.85 Å². The fraction of sp³-hybridized carbons (Fsp3) is 1.00. The zero-order valence-corrected chi connectivity index (χ0v) is 14.2. The van der Waals surface area contributed by atoms with Crippen LogP contribution in [0.25, 0.3) is 0 Å². The van der Waals surface area contributed by atoms with Gasteiger partial charge in [-0.3, -0.25) is 0 Å². The summed E-state index contributed by atoms with van der Waals surface area (Å²) in [6.45, 7) is 6.41. The van der Waals surface area contributed by atoms with Crippen LogP contribution in [-0.2, 0) is 8.85 Å². The smallest absolute Gasteiger partial charge is 0.338 e. The van der Waals surface area contributed by atoms with Crippen LogP contribution in [0.15, 0.2) is 0 Å². The van der Waals surface area contributed by atoms with Gasteiger partial charge in [0.15, 0.2) is 0 Å². The first-order valence-corrected chi connectivity index (χ1v) is 10.8. The lowest BCUT2D eigenvalue weighted by Gasteiger charge is -2.26. The van der Waals surface area contributed by atoms with E-state index in [2.05, 4.69) is 13.8 Å². The van der Waals surface area contributed by atoms with Crippen LogP contribution in [-0.4, -0.2) is 21.8 Å². The summed E-state index contributed by atoms with van der Waals surface area (Å²) >= 11 is 0. The highest BCUT2D eigenvalue weighted by molar-refractivity contribution is 6.68. The highest BCUT2D eigenvalue weighted by atomic mass is 28.4. The van der Waals surface area contributed by atoms with E-state index in [9.17, 15) is 0 Å². The van der Waals surface area contributed by atoms with Crippen molar-refractivity contribution in [2.45, 2.75) is 90.1 Å². The SMILES string of the molecule is CCCCCCO[Si]1(OCCCCCC)CCCC1. The van der Waals surface area contributed by atoms with Crippen LogP contribution in [0.5, 0.6) is 0 Å². The molecule has 114 valence electrons. The molecule has 0 bridgehead atoms. The van der Waals surface area contributed by atoms with E-state index in [-0.39, 0.29) is 0 Å². The second-order valence-corrected chi connectivity index (χ2v) is 9.33. The number of rotatable bonds is 12. The summed E-state index contributed by atoms with van der Waals surface area (Å²) < 4.78 is 12.5. The normalized spacial score (nSPS) is 18.0. The maximum Gasteiger partial charge on any atom is 0.338 e. The van der Waals surface area contributed by atoms with E-state index in [0.717, 1.165) is 13.2 Å². The van der Waals surface area contributed by atoms with Crippen LogP contribution in [0.4, 0.5) is 0 Å². The Kier molecular flexibility index (Phi) is 9.83. The number of hydrogen-bond acceptors (Lipinski definition) is 2. The Morgan fingerprint density at radius 3 is 1.58 bits per heavy atom. The summed E-state index contributed by atoms with van der Waals surface area (Å²) in [5, 5.41) is 0. The van der Waals surface area contributed by atoms with E-state index >= 15 is 0 Å².